The summed E-state index contributed by atoms with van der Waals surface area (Å²) in [5.74, 6) is 0.369. The molecular formula is C14H15FN2O. The third-order valence-corrected chi connectivity index (χ3v) is 2.67. The van der Waals surface area contributed by atoms with E-state index in [1.165, 1.54) is 6.07 Å². The first-order valence-electron chi connectivity index (χ1n) is 5.68. The van der Waals surface area contributed by atoms with Gasteiger partial charge in [-0.25, -0.2) is 9.37 Å². The number of benzene rings is 1. The fourth-order valence-electron chi connectivity index (χ4n) is 1.70. The number of aryl methyl sites for hydroxylation is 1. The van der Waals surface area contributed by atoms with Gasteiger partial charge in [-0.15, -0.1) is 0 Å². The minimum absolute atomic E-state index is 0.183. The highest BCUT2D eigenvalue weighted by atomic mass is 19.1. The fourth-order valence-corrected chi connectivity index (χ4v) is 1.70. The minimum Gasteiger partial charge on any atom is -0.480 e. The molecule has 4 heteroatoms. The second kappa shape index (κ2) is 5.49. The summed E-state index contributed by atoms with van der Waals surface area (Å²) in [6.07, 6.45) is 1.67. The van der Waals surface area contributed by atoms with E-state index in [1.54, 1.807) is 26.3 Å². The maximum Gasteiger partial charge on any atom is 0.237 e. The third-order valence-electron chi connectivity index (χ3n) is 2.67. The molecule has 18 heavy (non-hydrogen) atoms. The van der Waals surface area contributed by atoms with Crippen molar-refractivity contribution in [2.45, 2.75) is 13.5 Å². The number of rotatable bonds is 4. The maximum atomic E-state index is 13.1. The van der Waals surface area contributed by atoms with Gasteiger partial charge in [-0.3, -0.25) is 0 Å². The monoisotopic (exact) mass is 246 g/mol. The van der Waals surface area contributed by atoms with E-state index in [0.29, 0.717) is 18.0 Å². The Kier molecular flexibility index (Phi) is 3.77. The van der Waals surface area contributed by atoms with Crippen molar-refractivity contribution in [1.82, 2.24) is 4.98 Å². The molecule has 0 amide bonds. The number of hydrogen-bond acceptors (Lipinski definition) is 3. The van der Waals surface area contributed by atoms with Crippen molar-refractivity contribution in [1.29, 1.82) is 0 Å². The van der Waals surface area contributed by atoms with Crippen LogP contribution in [-0.2, 0) is 6.54 Å². The quantitative estimate of drug-likeness (QED) is 0.899. The first kappa shape index (κ1) is 12.4. The zero-order valence-corrected chi connectivity index (χ0v) is 10.4. The average molecular weight is 246 g/mol. The van der Waals surface area contributed by atoms with E-state index in [0.717, 1.165) is 11.3 Å². The van der Waals surface area contributed by atoms with Crippen LogP contribution in [0.15, 0.2) is 36.5 Å². The lowest BCUT2D eigenvalue weighted by Gasteiger charge is -2.10. The van der Waals surface area contributed by atoms with Crippen LogP contribution in [0, 0.1) is 12.7 Å². The van der Waals surface area contributed by atoms with Crippen molar-refractivity contribution in [2.75, 3.05) is 12.4 Å². The average Bonchev–Trinajstić information content (AvgIpc) is 2.40. The predicted octanol–water partition coefficient (Wildman–Crippen LogP) is 3.15. The van der Waals surface area contributed by atoms with Gasteiger partial charge in [0.1, 0.15) is 5.82 Å². The summed E-state index contributed by atoms with van der Waals surface area (Å²) in [6, 6.07) is 8.79. The number of nitrogens with zero attached hydrogens (tertiary/aromatic N) is 1. The Morgan fingerprint density at radius 1 is 1.33 bits per heavy atom. The van der Waals surface area contributed by atoms with Crippen molar-refractivity contribution in [3.8, 4) is 5.88 Å². The highest BCUT2D eigenvalue weighted by Crippen LogP contribution is 2.20. The Morgan fingerprint density at radius 3 is 2.89 bits per heavy atom. The predicted molar refractivity (Wildman–Crippen MR) is 69.3 cm³/mol. The summed E-state index contributed by atoms with van der Waals surface area (Å²) < 4.78 is 18.3. The molecule has 1 aromatic heterocycles. The normalized spacial score (nSPS) is 10.2. The van der Waals surface area contributed by atoms with Gasteiger partial charge in [0.15, 0.2) is 0 Å². The molecule has 0 aliphatic carbocycles. The van der Waals surface area contributed by atoms with Crippen LogP contribution < -0.4 is 10.1 Å². The zero-order chi connectivity index (χ0) is 13.0. The van der Waals surface area contributed by atoms with Crippen molar-refractivity contribution in [3.63, 3.8) is 0 Å². The highest BCUT2D eigenvalue weighted by Gasteiger charge is 2.03. The molecule has 0 saturated carbocycles. The molecule has 0 fully saturated rings. The molecule has 1 N–H and O–H groups in total. The smallest absolute Gasteiger partial charge is 0.237 e. The number of methoxy groups -OCH3 is 1. The van der Waals surface area contributed by atoms with Crippen LogP contribution in [0.2, 0.25) is 0 Å². The van der Waals surface area contributed by atoms with Gasteiger partial charge in [0.2, 0.25) is 5.88 Å². The molecule has 0 saturated heterocycles. The molecule has 2 aromatic rings. The first-order chi connectivity index (χ1) is 8.70. The van der Waals surface area contributed by atoms with Crippen LogP contribution in [0.1, 0.15) is 11.1 Å². The van der Waals surface area contributed by atoms with Crippen LogP contribution in [0.4, 0.5) is 10.1 Å². The molecule has 94 valence electrons. The summed E-state index contributed by atoms with van der Waals surface area (Å²) in [7, 11) is 1.58. The summed E-state index contributed by atoms with van der Waals surface area (Å²) in [5.41, 5.74) is 2.48. The van der Waals surface area contributed by atoms with Gasteiger partial charge >= 0.3 is 0 Å². The molecule has 0 bridgehead atoms. The number of aromatic nitrogens is 1. The molecule has 0 aliphatic heterocycles. The van der Waals surface area contributed by atoms with E-state index in [2.05, 4.69) is 10.3 Å². The van der Waals surface area contributed by atoms with Crippen molar-refractivity contribution >= 4 is 5.69 Å². The van der Waals surface area contributed by atoms with Crippen LogP contribution in [-0.4, -0.2) is 12.1 Å². The number of pyridine rings is 1. The van der Waals surface area contributed by atoms with E-state index < -0.39 is 0 Å². The Bertz CT molecular complexity index is 543. The minimum atomic E-state index is -0.183. The summed E-state index contributed by atoms with van der Waals surface area (Å²) in [4.78, 5) is 4.10. The summed E-state index contributed by atoms with van der Waals surface area (Å²) in [5, 5.41) is 3.22. The van der Waals surface area contributed by atoms with Crippen LogP contribution in [0.25, 0.3) is 0 Å². The molecule has 0 atom stereocenters. The summed E-state index contributed by atoms with van der Waals surface area (Å²) in [6.45, 7) is 2.35. The van der Waals surface area contributed by atoms with Gasteiger partial charge in [0.05, 0.1) is 12.8 Å². The molecule has 1 heterocycles. The Morgan fingerprint density at radius 2 is 2.17 bits per heavy atom. The summed E-state index contributed by atoms with van der Waals surface area (Å²) >= 11 is 0. The van der Waals surface area contributed by atoms with Crippen LogP contribution in [0.3, 0.4) is 0 Å². The standard InChI is InChI=1S/C14H15FN2O/c1-10-8-11(5-6-12(10)15)9-17-13-4-3-7-16-14(13)18-2/h3-8,17H,9H2,1-2H3. The van der Waals surface area contributed by atoms with Crippen molar-refractivity contribution in [3.05, 3.63) is 53.5 Å². The van der Waals surface area contributed by atoms with E-state index in [4.69, 9.17) is 4.74 Å². The van der Waals surface area contributed by atoms with Crippen LogP contribution in [0.5, 0.6) is 5.88 Å². The van der Waals surface area contributed by atoms with Gasteiger partial charge in [-0.05, 0) is 36.2 Å². The number of anilines is 1. The van der Waals surface area contributed by atoms with Gasteiger partial charge in [0.25, 0.3) is 0 Å². The Hall–Kier alpha value is -2.10. The van der Waals surface area contributed by atoms with Gasteiger partial charge < -0.3 is 10.1 Å². The van der Waals surface area contributed by atoms with Crippen molar-refractivity contribution in [2.24, 2.45) is 0 Å². The molecule has 0 spiro atoms. The van der Waals surface area contributed by atoms with E-state index in [9.17, 15) is 4.39 Å². The zero-order valence-electron chi connectivity index (χ0n) is 10.4. The third kappa shape index (κ3) is 2.77. The first-order valence-corrected chi connectivity index (χ1v) is 5.68. The van der Waals surface area contributed by atoms with E-state index in [-0.39, 0.29) is 5.82 Å². The number of ether oxygens (including phenoxy) is 1. The van der Waals surface area contributed by atoms with E-state index >= 15 is 0 Å². The topological polar surface area (TPSA) is 34.1 Å². The lowest BCUT2D eigenvalue weighted by atomic mass is 10.1. The molecule has 0 radical (unpaired) electrons. The lowest BCUT2D eigenvalue weighted by molar-refractivity contribution is 0.399. The second-order valence-electron chi connectivity index (χ2n) is 4.00. The fraction of sp³-hybridized carbons (Fsp3) is 0.214. The maximum absolute atomic E-state index is 13.1. The molecule has 3 nitrogen and oxygen atoms in total. The molecule has 2 rings (SSSR count). The van der Waals surface area contributed by atoms with Gasteiger partial charge in [0, 0.05) is 12.7 Å². The lowest BCUT2D eigenvalue weighted by Crippen LogP contribution is -2.02. The molecule has 0 unspecified atom stereocenters. The molecule has 1 aromatic carbocycles. The van der Waals surface area contributed by atoms with Crippen molar-refractivity contribution < 1.29 is 9.13 Å². The highest BCUT2D eigenvalue weighted by molar-refractivity contribution is 5.52. The Balaban J connectivity index is 2.09. The number of hydrogen-bond donors (Lipinski definition) is 1. The molecule has 0 aliphatic rings. The second-order valence-corrected chi connectivity index (χ2v) is 4.00. The molecular weight excluding hydrogens is 231 g/mol. The number of nitrogens with one attached hydrogen (secondary N) is 1. The largest absolute Gasteiger partial charge is 0.480 e. The van der Waals surface area contributed by atoms with Crippen LogP contribution >= 0.6 is 0 Å². The van der Waals surface area contributed by atoms with Gasteiger partial charge in [-0.2, -0.15) is 0 Å². The van der Waals surface area contributed by atoms with Gasteiger partial charge in [-0.1, -0.05) is 12.1 Å². The number of halogens is 1. The SMILES string of the molecule is COc1ncccc1NCc1ccc(F)c(C)c1. The Labute approximate surface area is 106 Å². The van der Waals surface area contributed by atoms with E-state index in [1.807, 2.05) is 18.2 Å².